The first-order chi connectivity index (χ1) is 17.8. The molecule has 0 atom stereocenters. The van der Waals surface area contributed by atoms with E-state index in [1.807, 2.05) is 0 Å². The molecule has 3 aromatic rings. The summed E-state index contributed by atoms with van der Waals surface area (Å²) < 4.78 is 69.2. The highest BCUT2D eigenvalue weighted by atomic mass is 19.3. The average Bonchev–Trinajstić information content (AvgIpc) is 3.28. The van der Waals surface area contributed by atoms with E-state index in [9.17, 15) is 27.2 Å². The SMILES string of the molecule is NC1(NC(=O)C2(NC(=O)c3cc4ccc(-c5ccc6c(c5)OC(F)(F)O6)cc4o3)CCC(F)(F)CC2)CC1. The Labute approximate surface area is 213 Å². The first-order valence-electron chi connectivity index (χ1n) is 12.1. The number of fused-ring (bicyclic) bond motifs is 2. The molecule has 0 bridgehead atoms. The molecule has 38 heavy (non-hydrogen) atoms. The lowest BCUT2D eigenvalue weighted by Gasteiger charge is -2.39. The predicted octanol–water partition coefficient (Wildman–Crippen LogP) is 4.66. The van der Waals surface area contributed by atoms with Crippen LogP contribution in [0.3, 0.4) is 0 Å². The number of alkyl halides is 4. The van der Waals surface area contributed by atoms with Gasteiger partial charge in [-0.25, -0.2) is 8.78 Å². The first kappa shape index (κ1) is 24.5. The van der Waals surface area contributed by atoms with Gasteiger partial charge in [0.1, 0.15) is 11.1 Å². The highest BCUT2D eigenvalue weighted by molar-refractivity contribution is 6.00. The van der Waals surface area contributed by atoms with Crippen molar-refractivity contribution in [2.24, 2.45) is 5.73 Å². The molecule has 2 heterocycles. The summed E-state index contributed by atoms with van der Waals surface area (Å²) in [5, 5.41) is 5.90. The zero-order valence-corrected chi connectivity index (χ0v) is 19.9. The van der Waals surface area contributed by atoms with Crippen molar-refractivity contribution >= 4 is 22.8 Å². The largest absolute Gasteiger partial charge is 0.586 e. The third kappa shape index (κ3) is 4.53. The lowest BCUT2D eigenvalue weighted by Crippen LogP contribution is -2.64. The van der Waals surface area contributed by atoms with E-state index in [0.717, 1.165) is 0 Å². The van der Waals surface area contributed by atoms with E-state index in [2.05, 4.69) is 20.1 Å². The van der Waals surface area contributed by atoms with E-state index in [1.165, 1.54) is 18.2 Å². The maximum absolute atomic E-state index is 13.9. The van der Waals surface area contributed by atoms with Gasteiger partial charge < -0.3 is 30.3 Å². The summed E-state index contributed by atoms with van der Waals surface area (Å²) in [6.07, 6.45) is -4.21. The Morgan fingerprint density at radius 2 is 1.45 bits per heavy atom. The smallest absolute Gasteiger partial charge is 0.451 e. The van der Waals surface area contributed by atoms with Gasteiger partial charge in [0.25, 0.3) is 5.91 Å². The molecule has 200 valence electrons. The highest BCUT2D eigenvalue weighted by Crippen LogP contribution is 2.43. The van der Waals surface area contributed by atoms with Gasteiger partial charge in [0.15, 0.2) is 17.3 Å². The van der Waals surface area contributed by atoms with Crippen LogP contribution in [0, 0.1) is 0 Å². The molecule has 3 aliphatic rings. The molecule has 8 nitrogen and oxygen atoms in total. The minimum absolute atomic E-state index is 0.0857. The van der Waals surface area contributed by atoms with Crippen LogP contribution in [0.2, 0.25) is 0 Å². The molecule has 2 aliphatic carbocycles. The summed E-state index contributed by atoms with van der Waals surface area (Å²) in [6, 6.07) is 10.8. The van der Waals surface area contributed by atoms with Crippen molar-refractivity contribution in [3.05, 3.63) is 48.2 Å². The second-order valence-electron chi connectivity index (χ2n) is 10.2. The Balaban J connectivity index is 1.25. The average molecular weight is 533 g/mol. The Kier molecular flexibility index (Phi) is 5.23. The molecule has 4 N–H and O–H groups in total. The molecular formula is C26H23F4N3O5. The van der Waals surface area contributed by atoms with Gasteiger partial charge in [0, 0.05) is 18.2 Å². The second kappa shape index (κ2) is 8.10. The Morgan fingerprint density at radius 1 is 0.789 bits per heavy atom. The van der Waals surface area contributed by atoms with Gasteiger partial charge in [-0.05, 0) is 61.1 Å². The van der Waals surface area contributed by atoms with Gasteiger partial charge in [-0.2, -0.15) is 0 Å². The monoisotopic (exact) mass is 533 g/mol. The first-order valence-corrected chi connectivity index (χ1v) is 12.1. The molecule has 12 heteroatoms. The fourth-order valence-corrected chi connectivity index (χ4v) is 4.79. The van der Waals surface area contributed by atoms with Gasteiger partial charge in [-0.3, -0.25) is 9.59 Å². The van der Waals surface area contributed by atoms with Crippen LogP contribution >= 0.6 is 0 Å². The number of ether oxygens (including phenoxy) is 2. The number of nitrogens with one attached hydrogen (secondary N) is 2. The van der Waals surface area contributed by atoms with Crippen LogP contribution in [0.5, 0.6) is 11.5 Å². The van der Waals surface area contributed by atoms with Crippen molar-refractivity contribution in [2.75, 3.05) is 0 Å². The standard InChI is InChI=1S/C26H23F4N3O5/c27-24(28)7-5-23(6-8-24,22(35)33-25(31)9-10-25)32-21(34)20-13-16-2-1-14(11-18(16)36-20)15-3-4-17-19(12-15)38-26(29,30)37-17/h1-4,11-13H,5-10,31H2,(H,32,34)(H,33,35). The van der Waals surface area contributed by atoms with E-state index in [1.54, 1.807) is 24.3 Å². The third-order valence-corrected chi connectivity index (χ3v) is 7.25. The van der Waals surface area contributed by atoms with Crippen LogP contribution in [-0.4, -0.2) is 35.2 Å². The fourth-order valence-electron chi connectivity index (χ4n) is 4.79. The van der Waals surface area contributed by atoms with Crippen molar-refractivity contribution in [1.82, 2.24) is 10.6 Å². The van der Waals surface area contributed by atoms with E-state index in [4.69, 9.17) is 10.2 Å². The van der Waals surface area contributed by atoms with Crippen LogP contribution in [0.25, 0.3) is 22.1 Å². The van der Waals surface area contributed by atoms with Crippen molar-refractivity contribution < 1.29 is 41.0 Å². The Bertz CT molecular complexity index is 1460. The molecule has 1 aromatic heterocycles. The molecule has 2 saturated carbocycles. The molecule has 1 aliphatic heterocycles. The van der Waals surface area contributed by atoms with Crippen LogP contribution in [0.4, 0.5) is 17.6 Å². The number of hydrogen-bond donors (Lipinski definition) is 3. The van der Waals surface area contributed by atoms with Crippen molar-refractivity contribution in [3.63, 3.8) is 0 Å². The molecule has 6 rings (SSSR count). The van der Waals surface area contributed by atoms with Crippen molar-refractivity contribution in [2.45, 2.75) is 61.9 Å². The van der Waals surface area contributed by atoms with Gasteiger partial charge >= 0.3 is 6.29 Å². The summed E-state index contributed by atoms with van der Waals surface area (Å²) in [5.41, 5.74) is 5.04. The summed E-state index contributed by atoms with van der Waals surface area (Å²) in [4.78, 5) is 26.3. The lowest BCUT2D eigenvalue weighted by atomic mass is 9.78. The number of nitrogens with two attached hydrogens (primary N) is 1. The summed E-state index contributed by atoms with van der Waals surface area (Å²) >= 11 is 0. The van der Waals surface area contributed by atoms with Crippen molar-refractivity contribution in [1.29, 1.82) is 0 Å². The van der Waals surface area contributed by atoms with Gasteiger partial charge in [-0.1, -0.05) is 18.2 Å². The molecule has 2 fully saturated rings. The molecule has 0 saturated heterocycles. The number of carbonyl (C=O) groups is 2. The molecule has 2 amide bonds. The van der Waals surface area contributed by atoms with Crippen LogP contribution < -0.4 is 25.8 Å². The third-order valence-electron chi connectivity index (χ3n) is 7.25. The van der Waals surface area contributed by atoms with Gasteiger partial charge in [-0.15, -0.1) is 8.78 Å². The number of amides is 2. The second-order valence-corrected chi connectivity index (χ2v) is 10.2. The number of rotatable bonds is 5. The summed E-state index contributed by atoms with van der Waals surface area (Å²) in [6.45, 7) is 0. The Morgan fingerprint density at radius 3 is 2.16 bits per heavy atom. The van der Waals surface area contributed by atoms with E-state index in [0.29, 0.717) is 34.9 Å². The van der Waals surface area contributed by atoms with Crippen LogP contribution in [0.15, 0.2) is 46.9 Å². The van der Waals surface area contributed by atoms with Gasteiger partial charge in [0.05, 0.1) is 5.66 Å². The number of halogens is 4. The number of carbonyl (C=O) groups excluding carboxylic acids is 2. The molecule has 2 aromatic carbocycles. The summed E-state index contributed by atoms with van der Waals surface area (Å²) in [7, 11) is 0. The molecule has 0 unspecified atom stereocenters. The summed E-state index contributed by atoms with van der Waals surface area (Å²) in [5.74, 6) is -4.55. The topological polar surface area (TPSA) is 116 Å². The highest BCUT2D eigenvalue weighted by Gasteiger charge is 2.52. The zero-order chi connectivity index (χ0) is 26.9. The fraction of sp³-hybridized carbons (Fsp3) is 0.385. The van der Waals surface area contributed by atoms with E-state index >= 15 is 0 Å². The van der Waals surface area contributed by atoms with E-state index in [-0.39, 0.29) is 30.1 Å². The van der Waals surface area contributed by atoms with Crippen LogP contribution in [-0.2, 0) is 4.79 Å². The maximum Gasteiger partial charge on any atom is 0.586 e. The normalized spacial score (nSPS) is 21.6. The number of benzene rings is 2. The van der Waals surface area contributed by atoms with E-state index < -0.39 is 48.1 Å². The number of furan rings is 1. The van der Waals surface area contributed by atoms with Crippen molar-refractivity contribution in [3.8, 4) is 22.6 Å². The molecular weight excluding hydrogens is 510 g/mol. The zero-order valence-electron chi connectivity index (χ0n) is 19.9. The number of hydrogen-bond acceptors (Lipinski definition) is 6. The minimum atomic E-state index is -3.74. The Hall–Kier alpha value is -3.80. The maximum atomic E-state index is 13.9. The minimum Gasteiger partial charge on any atom is -0.451 e. The molecule has 0 spiro atoms. The predicted molar refractivity (Wildman–Crippen MR) is 126 cm³/mol. The lowest BCUT2D eigenvalue weighted by molar-refractivity contribution is -0.286. The van der Waals surface area contributed by atoms with Crippen LogP contribution in [0.1, 0.15) is 49.1 Å². The quantitative estimate of drug-likeness (QED) is 0.325. The van der Waals surface area contributed by atoms with Gasteiger partial charge in [0.2, 0.25) is 11.8 Å². The molecule has 0 radical (unpaired) electrons.